The molecule has 3 amide bonds. The standard InChI is InChI=1S/C10H11N3O2/c1-13-5-6-4-7(12-10(11)15)2-3-8(6)9(13)14/h2-4H,5H2,1H3,(H3,11,12,15). The maximum Gasteiger partial charge on any atom is 0.316 e. The number of rotatable bonds is 1. The monoisotopic (exact) mass is 205 g/mol. The molecule has 0 radical (unpaired) electrons. The van der Waals surface area contributed by atoms with Crippen molar-refractivity contribution in [2.24, 2.45) is 5.73 Å². The summed E-state index contributed by atoms with van der Waals surface area (Å²) in [5.41, 5.74) is 7.21. The number of benzene rings is 1. The number of hydrogen-bond acceptors (Lipinski definition) is 2. The summed E-state index contributed by atoms with van der Waals surface area (Å²) in [6, 6.07) is 4.53. The molecular formula is C10H11N3O2. The first-order chi connectivity index (χ1) is 7.08. The van der Waals surface area contributed by atoms with Crippen molar-refractivity contribution in [2.45, 2.75) is 6.54 Å². The molecule has 0 fully saturated rings. The third-order valence-corrected chi connectivity index (χ3v) is 2.36. The molecule has 0 spiro atoms. The zero-order chi connectivity index (χ0) is 11.0. The molecule has 1 heterocycles. The van der Waals surface area contributed by atoms with Crippen LogP contribution in [0.25, 0.3) is 0 Å². The van der Waals surface area contributed by atoms with E-state index in [9.17, 15) is 9.59 Å². The van der Waals surface area contributed by atoms with Crippen LogP contribution in [-0.2, 0) is 6.54 Å². The van der Waals surface area contributed by atoms with Crippen LogP contribution in [-0.4, -0.2) is 23.9 Å². The molecule has 1 aliphatic rings. The summed E-state index contributed by atoms with van der Waals surface area (Å²) in [5, 5.41) is 2.47. The lowest BCUT2D eigenvalue weighted by Gasteiger charge is -2.04. The molecule has 1 aliphatic heterocycles. The van der Waals surface area contributed by atoms with E-state index in [1.54, 1.807) is 30.1 Å². The van der Waals surface area contributed by atoms with E-state index in [1.807, 2.05) is 0 Å². The highest BCUT2D eigenvalue weighted by atomic mass is 16.2. The molecule has 5 nitrogen and oxygen atoms in total. The predicted octanol–water partition coefficient (Wildman–Crippen LogP) is 0.763. The van der Waals surface area contributed by atoms with Gasteiger partial charge in [-0.25, -0.2) is 4.79 Å². The van der Waals surface area contributed by atoms with Gasteiger partial charge >= 0.3 is 6.03 Å². The van der Waals surface area contributed by atoms with E-state index in [2.05, 4.69) is 5.32 Å². The van der Waals surface area contributed by atoms with E-state index < -0.39 is 6.03 Å². The zero-order valence-electron chi connectivity index (χ0n) is 8.28. The van der Waals surface area contributed by atoms with Crippen molar-refractivity contribution in [2.75, 3.05) is 12.4 Å². The molecule has 15 heavy (non-hydrogen) atoms. The molecule has 1 aromatic carbocycles. The van der Waals surface area contributed by atoms with E-state index in [-0.39, 0.29) is 5.91 Å². The summed E-state index contributed by atoms with van der Waals surface area (Å²) >= 11 is 0. The van der Waals surface area contributed by atoms with Gasteiger partial charge in [-0.3, -0.25) is 4.79 Å². The maximum absolute atomic E-state index is 11.5. The minimum atomic E-state index is -0.604. The molecule has 0 bridgehead atoms. The van der Waals surface area contributed by atoms with Crippen molar-refractivity contribution in [1.82, 2.24) is 4.90 Å². The topological polar surface area (TPSA) is 75.4 Å². The minimum Gasteiger partial charge on any atom is -0.351 e. The van der Waals surface area contributed by atoms with Gasteiger partial charge in [-0.1, -0.05) is 0 Å². The molecule has 5 heteroatoms. The Hall–Kier alpha value is -2.04. The van der Waals surface area contributed by atoms with Crippen LogP contribution in [0.15, 0.2) is 18.2 Å². The number of carbonyl (C=O) groups excluding carboxylic acids is 2. The van der Waals surface area contributed by atoms with Crippen molar-refractivity contribution in [3.8, 4) is 0 Å². The third-order valence-electron chi connectivity index (χ3n) is 2.36. The Labute approximate surface area is 86.9 Å². The second-order valence-corrected chi connectivity index (χ2v) is 3.52. The quantitative estimate of drug-likeness (QED) is 0.710. The first-order valence-electron chi connectivity index (χ1n) is 4.53. The minimum absolute atomic E-state index is 0.00984. The van der Waals surface area contributed by atoms with Crippen LogP contribution in [0.2, 0.25) is 0 Å². The Kier molecular flexibility index (Phi) is 2.07. The van der Waals surface area contributed by atoms with Crippen LogP contribution in [0.5, 0.6) is 0 Å². The Balaban J connectivity index is 2.33. The Morgan fingerprint density at radius 2 is 2.27 bits per heavy atom. The number of nitrogens with two attached hydrogens (primary N) is 1. The van der Waals surface area contributed by atoms with Crippen molar-refractivity contribution in [3.05, 3.63) is 29.3 Å². The average molecular weight is 205 g/mol. The molecule has 1 aromatic rings. The van der Waals surface area contributed by atoms with Gasteiger partial charge in [-0.2, -0.15) is 0 Å². The summed E-state index contributed by atoms with van der Waals surface area (Å²) < 4.78 is 0. The smallest absolute Gasteiger partial charge is 0.316 e. The maximum atomic E-state index is 11.5. The molecule has 0 aliphatic carbocycles. The molecule has 0 saturated carbocycles. The first kappa shape index (κ1) is 9.51. The van der Waals surface area contributed by atoms with Gasteiger partial charge in [0, 0.05) is 24.8 Å². The van der Waals surface area contributed by atoms with Crippen molar-refractivity contribution in [3.63, 3.8) is 0 Å². The van der Waals surface area contributed by atoms with Crippen molar-refractivity contribution >= 4 is 17.6 Å². The van der Waals surface area contributed by atoms with E-state index in [0.29, 0.717) is 17.8 Å². The van der Waals surface area contributed by atoms with Crippen LogP contribution in [0.1, 0.15) is 15.9 Å². The number of nitrogens with zero attached hydrogens (tertiary/aromatic N) is 1. The fourth-order valence-electron chi connectivity index (χ4n) is 1.69. The van der Waals surface area contributed by atoms with Crippen molar-refractivity contribution in [1.29, 1.82) is 0 Å². The molecule has 0 aromatic heterocycles. The number of hydrogen-bond donors (Lipinski definition) is 2. The summed E-state index contributed by atoms with van der Waals surface area (Å²) in [4.78, 5) is 23.8. The number of anilines is 1. The molecule has 2 rings (SSSR count). The van der Waals surface area contributed by atoms with E-state index >= 15 is 0 Å². The summed E-state index contributed by atoms with van der Waals surface area (Å²) in [5.74, 6) is 0.00984. The zero-order valence-corrected chi connectivity index (χ0v) is 8.28. The summed E-state index contributed by atoms with van der Waals surface area (Å²) in [6.45, 7) is 0.572. The Morgan fingerprint density at radius 3 is 2.93 bits per heavy atom. The van der Waals surface area contributed by atoms with Gasteiger partial charge in [-0.15, -0.1) is 0 Å². The Bertz CT molecular complexity index is 442. The highest BCUT2D eigenvalue weighted by Crippen LogP contribution is 2.24. The number of fused-ring (bicyclic) bond motifs is 1. The second kappa shape index (κ2) is 3.27. The lowest BCUT2D eigenvalue weighted by atomic mass is 10.1. The fraction of sp³-hybridized carbons (Fsp3) is 0.200. The molecule has 0 saturated heterocycles. The van der Waals surface area contributed by atoms with Crippen LogP contribution >= 0.6 is 0 Å². The summed E-state index contributed by atoms with van der Waals surface area (Å²) in [6.07, 6.45) is 0. The van der Waals surface area contributed by atoms with Gasteiger partial charge in [-0.05, 0) is 23.8 Å². The lowest BCUT2D eigenvalue weighted by Crippen LogP contribution is -2.19. The molecule has 3 N–H and O–H groups in total. The lowest BCUT2D eigenvalue weighted by molar-refractivity contribution is 0.0816. The fourth-order valence-corrected chi connectivity index (χ4v) is 1.69. The van der Waals surface area contributed by atoms with Crippen LogP contribution in [0.4, 0.5) is 10.5 Å². The van der Waals surface area contributed by atoms with Gasteiger partial charge in [0.25, 0.3) is 5.91 Å². The number of urea groups is 1. The van der Waals surface area contributed by atoms with Gasteiger partial charge in [0.05, 0.1) is 0 Å². The number of carbonyl (C=O) groups is 2. The SMILES string of the molecule is CN1Cc2cc(NC(N)=O)ccc2C1=O. The first-order valence-corrected chi connectivity index (χ1v) is 4.53. The van der Waals surface area contributed by atoms with Gasteiger partial charge < -0.3 is 16.0 Å². The van der Waals surface area contributed by atoms with Gasteiger partial charge in [0.2, 0.25) is 0 Å². The molecular weight excluding hydrogens is 194 g/mol. The predicted molar refractivity (Wildman–Crippen MR) is 55.4 cm³/mol. The third kappa shape index (κ3) is 1.63. The highest BCUT2D eigenvalue weighted by Gasteiger charge is 2.24. The van der Waals surface area contributed by atoms with E-state index in [1.165, 1.54) is 0 Å². The van der Waals surface area contributed by atoms with Crippen molar-refractivity contribution < 1.29 is 9.59 Å². The van der Waals surface area contributed by atoms with Crippen LogP contribution in [0, 0.1) is 0 Å². The van der Waals surface area contributed by atoms with Gasteiger partial charge in [0.15, 0.2) is 0 Å². The molecule has 0 atom stereocenters. The molecule has 0 unspecified atom stereocenters. The normalized spacial score (nSPS) is 13.9. The highest BCUT2D eigenvalue weighted by molar-refractivity contribution is 5.99. The number of primary amides is 1. The largest absolute Gasteiger partial charge is 0.351 e. The van der Waals surface area contributed by atoms with Crippen LogP contribution < -0.4 is 11.1 Å². The molecule has 78 valence electrons. The summed E-state index contributed by atoms with van der Waals surface area (Å²) in [7, 11) is 1.74. The Morgan fingerprint density at radius 1 is 1.53 bits per heavy atom. The number of nitrogens with one attached hydrogen (secondary N) is 1. The van der Waals surface area contributed by atoms with Crippen LogP contribution in [0.3, 0.4) is 0 Å². The van der Waals surface area contributed by atoms with E-state index in [0.717, 1.165) is 5.56 Å². The average Bonchev–Trinajstić information content (AvgIpc) is 2.41. The number of amides is 3. The van der Waals surface area contributed by atoms with E-state index in [4.69, 9.17) is 5.73 Å². The van der Waals surface area contributed by atoms with Gasteiger partial charge in [0.1, 0.15) is 0 Å². The second-order valence-electron chi connectivity index (χ2n) is 3.52.